The third-order valence-corrected chi connectivity index (χ3v) is 7.10. The molecule has 34 heavy (non-hydrogen) atoms. The van der Waals surface area contributed by atoms with Crippen LogP contribution in [0, 0.1) is 0 Å². The fourth-order valence-corrected chi connectivity index (χ4v) is 5.44. The molecule has 3 N–H and O–H groups in total. The number of aromatic nitrogens is 2. The van der Waals surface area contributed by atoms with Crippen molar-refractivity contribution in [2.45, 2.75) is 45.1 Å². The van der Waals surface area contributed by atoms with Gasteiger partial charge in [-0.05, 0) is 61.1 Å². The molecule has 3 heterocycles. The molecule has 0 bridgehead atoms. The van der Waals surface area contributed by atoms with E-state index in [0.717, 1.165) is 47.0 Å². The number of benzene rings is 1. The molecule has 3 aromatic heterocycles. The van der Waals surface area contributed by atoms with Crippen molar-refractivity contribution in [3.63, 3.8) is 0 Å². The molecule has 1 aromatic carbocycles. The van der Waals surface area contributed by atoms with Gasteiger partial charge < -0.3 is 20.0 Å². The molecule has 0 saturated carbocycles. The Hall–Kier alpha value is -3.72. The number of carbonyl (C=O) groups is 2. The number of hydrogen-bond acceptors (Lipinski definition) is 6. The number of furan rings is 1. The Kier molecular flexibility index (Phi) is 6.27. The second-order valence-electron chi connectivity index (χ2n) is 8.31. The predicted molar refractivity (Wildman–Crippen MR) is 130 cm³/mol. The average molecular weight is 477 g/mol. The van der Waals surface area contributed by atoms with Crippen LogP contribution < -0.4 is 16.2 Å². The Balaban J connectivity index is 1.13. The Morgan fingerprint density at radius 1 is 1.12 bits per heavy atom. The summed E-state index contributed by atoms with van der Waals surface area (Å²) in [5.74, 6) is 0.343. The van der Waals surface area contributed by atoms with E-state index in [0.29, 0.717) is 24.5 Å². The van der Waals surface area contributed by atoms with Crippen molar-refractivity contribution >= 4 is 39.1 Å². The number of H-pyrrole nitrogens is 1. The summed E-state index contributed by atoms with van der Waals surface area (Å²) in [4.78, 5) is 46.5. The zero-order valence-electron chi connectivity index (χ0n) is 18.5. The molecule has 5 rings (SSSR count). The van der Waals surface area contributed by atoms with Gasteiger partial charge in [-0.3, -0.25) is 14.4 Å². The minimum absolute atomic E-state index is 0.0981. The van der Waals surface area contributed by atoms with Crippen LogP contribution in [-0.4, -0.2) is 21.8 Å². The quantitative estimate of drug-likeness (QED) is 0.373. The van der Waals surface area contributed by atoms with E-state index in [1.165, 1.54) is 11.1 Å². The smallest absolute Gasteiger partial charge is 0.291 e. The summed E-state index contributed by atoms with van der Waals surface area (Å²) in [5, 5.41) is 6.37. The van der Waals surface area contributed by atoms with Gasteiger partial charge in [-0.1, -0.05) is 12.1 Å². The highest BCUT2D eigenvalue weighted by Crippen LogP contribution is 2.33. The van der Waals surface area contributed by atoms with Gasteiger partial charge in [0.1, 0.15) is 10.7 Å². The Morgan fingerprint density at radius 3 is 2.74 bits per heavy atom. The first-order chi connectivity index (χ1) is 16.6. The standard InChI is InChI=1S/C25H24N4O4S/c30-21(26-14-15-7-9-16(10-8-15)27-23(31)18-5-3-13-33-18)12-11-20-28-24(32)22-17-4-1-2-6-19(17)34-25(22)29-20/h3,5,7-10,13H,1-2,4,6,11-12,14H2,(H,26,30)(H,27,31)(H,28,29,32). The maximum atomic E-state index is 12.6. The molecule has 0 unspecified atom stereocenters. The lowest BCUT2D eigenvalue weighted by Gasteiger charge is -2.09. The van der Waals surface area contributed by atoms with Crippen LogP contribution in [-0.2, 0) is 30.6 Å². The van der Waals surface area contributed by atoms with E-state index in [4.69, 9.17) is 4.42 Å². The zero-order chi connectivity index (χ0) is 23.5. The molecule has 0 radical (unpaired) electrons. The van der Waals surface area contributed by atoms with Gasteiger partial charge in [0.2, 0.25) is 5.91 Å². The number of carbonyl (C=O) groups excluding carboxylic acids is 2. The van der Waals surface area contributed by atoms with Gasteiger partial charge in [-0.15, -0.1) is 11.3 Å². The van der Waals surface area contributed by atoms with Crippen molar-refractivity contribution in [2.75, 3.05) is 5.32 Å². The molecule has 1 aliphatic carbocycles. The van der Waals surface area contributed by atoms with Crippen molar-refractivity contribution < 1.29 is 14.0 Å². The number of rotatable bonds is 7. The highest BCUT2D eigenvalue weighted by molar-refractivity contribution is 7.18. The molecule has 1 aliphatic rings. The van der Waals surface area contributed by atoms with E-state index in [-0.39, 0.29) is 29.6 Å². The van der Waals surface area contributed by atoms with Crippen molar-refractivity contribution in [1.82, 2.24) is 15.3 Å². The largest absolute Gasteiger partial charge is 0.459 e. The van der Waals surface area contributed by atoms with Gasteiger partial charge in [-0.25, -0.2) is 4.98 Å². The first-order valence-corrected chi connectivity index (χ1v) is 12.1. The maximum Gasteiger partial charge on any atom is 0.291 e. The number of fused-ring (bicyclic) bond motifs is 3. The maximum absolute atomic E-state index is 12.6. The fraction of sp³-hybridized carbons (Fsp3) is 0.280. The molecule has 4 aromatic rings. The minimum atomic E-state index is -0.321. The number of aryl methyl sites for hydroxylation is 3. The number of anilines is 1. The topological polar surface area (TPSA) is 117 Å². The first-order valence-electron chi connectivity index (χ1n) is 11.3. The van der Waals surface area contributed by atoms with Gasteiger partial charge in [0.25, 0.3) is 11.5 Å². The summed E-state index contributed by atoms with van der Waals surface area (Å²) >= 11 is 1.61. The van der Waals surface area contributed by atoms with Crippen LogP contribution >= 0.6 is 11.3 Å². The van der Waals surface area contributed by atoms with Crippen LogP contribution in [0.2, 0.25) is 0 Å². The Bertz CT molecular complexity index is 1390. The fourth-order valence-electron chi connectivity index (χ4n) is 4.15. The lowest BCUT2D eigenvalue weighted by molar-refractivity contribution is -0.121. The van der Waals surface area contributed by atoms with E-state index < -0.39 is 0 Å². The highest BCUT2D eigenvalue weighted by Gasteiger charge is 2.20. The van der Waals surface area contributed by atoms with Gasteiger partial charge >= 0.3 is 0 Å². The minimum Gasteiger partial charge on any atom is -0.459 e. The summed E-state index contributed by atoms with van der Waals surface area (Å²) in [7, 11) is 0. The van der Waals surface area contributed by atoms with Gasteiger partial charge in [-0.2, -0.15) is 0 Å². The van der Waals surface area contributed by atoms with Crippen molar-refractivity contribution in [3.8, 4) is 0 Å². The number of hydrogen-bond donors (Lipinski definition) is 3. The van der Waals surface area contributed by atoms with Gasteiger partial charge in [0.05, 0.1) is 11.6 Å². The van der Waals surface area contributed by atoms with E-state index in [9.17, 15) is 14.4 Å². The molecular formula is C25H24N4O4S. The summed E-state index contributed by atoms with van der Waals surface area (Å²) < 4.78 is 5.07. The molecule has 0 atom stereocenters. The van der Waals surface area contributed by atoms with E-state index >= 15 is 0 Å². The molecule has 0 saturated heterocycles. The van der Waals surface area contributed by atoms with Gasteiger partial charge in [0.15, 0.2) is 5.76 Å². The molecule has 2 amide bonds. The summed E-state index contributed by atoms with van der Waals surface area (Å²) in [6, 6.07) is 10.5. The second kappa shape index (κ2) is 9.64. The molecule has 0 fully saturated rings. The van der Waals surface area contributed by atoms with Crippen LogP contribution in [0.5, 0.6) is 0 Å². The Labute approximate surface area is 199 Å². The summed E-state index contributed by atoms with van der Waals surface area (Å²) in [5.41, 5.74) is 2.61. The third-order valence-electron chi connectivity index (χ3n) is 5.91. The molecule has 174 valence electrons. The van der Waals surface area contributed by atoms with E-state index in [1.54, 1.807) is 35.6 Å². The molecule has 8 nitrogen and oxygen atoms in total. The summed E-state index contributed by atoms with van der Waals surface area (Å²) in [6.45, 7) is 0.367. The van der Waals surface area contributed by atoms with Crippen LogP contribution in [0.1, 0.15) is 51.6 Å². The lowest BCUT2D eigenvalue weighted by Crippen LogP contribution is -2.23. The Morgan fingerprint density at radius 2 is 1.94 bits per heavy atom. The van der Waals surface area contributed by atoms with Crippen LogP contribution in [0.3, 0.4) is 0 Å². The predicted octanol–water partition coefficient (Wildman–Crippen LogP) is 3.96. The average Bonchev–Trinajstić information content (AvgIpc) is 3.50. The number of aromatic amines is 1. The van der Waals surface area contributed by atoms with Gasteiger partial charge in [0, 0.05) is 30.0 Å². The normalized spacial score (nSPS) is 12.9. The molecular weight excluding hydrogens is 452 g/mol. The van der Waals surface area contributed by atoms with E-state index in [2.05, 4.69) is 20.6 Å². The van der Waals surface area contributed by atoms with Crippen molar-refractivity contribution in [3.05, 3.63) is 80.6 Å². The second-order valence-corrected chi connectivity index (χ2v) is 9.39. The van der Waals surface area contributed by atoms with Crippen LogP contribution in [0.25, 0.3) is 10.2 Å². The van der Waals surface area contributed by atoms with E-state index in [1.807, 2.05) is 12.1 Å². The zero-order valence-corrected chi connectivity index (χ0v) is 19.3. The van der Waals surface area contributed by atoms with Crippen LogP contribution in [0.4, 0.5) is 5.69 Å². The lowest BCUT2D eigenvalue weighted by atomic mass is 9.97. The van der Waals surface area contributed by atoms with Crippen LogP contribution in [0.15, 0.2) is 51.9 Å². The number of nitrogens with zero attached hydrogens (tertiary/aromatic N) is 1. The SMILES string of the molecule is O=C(CCc1nc2sc3c(c2c(=O)[nH]1)CCCC3)NCc1ccc(NC(=O)c2ccco2)cc1. The number of amides is 2. The monoisotopic (exact) mass is 476 g/mol. The number of nitrogens with one attached hydrogen (secondary N) is 3. The van der Waals surface area contributed by atoms with Crippen molar-refractivity contribution in [1.29, 1.82) is 0 Å². The molecule has 0 spiro atoms. The summed E-state index contributed by atoms with van der Waals surface area (Å²) in [6.07, 6.45) is 6.29. The highest BCUT2D eigenvalue weighted by atomic mass is 32.1. The third kappa shape index (κ3) is 4.79. The number of thiophene rings is 1. The van der Waals surface area contributed by atoms with Crippen molar-refractivity contribution in [2.24, 2.45) is 0 Å². The molecule has 0 aliphatic heterocycles. The molecule has 9 heteroatoms. The first kappa shape index (κ1) is 22.1.